The summed E-state index contributed by atoms with van der Waals surface area (Å²) in [5.41, 5.74) is -0.265. The van der Waals surface area contributed by atoms with Crippen LogP contribution >= 0.6 is 22.9 Å². The third-order valence-corrected chi connectivity index (χ3v) is 3.70. The van der Waals surface area contributed by atoms with Gasteiger partial charge in [0.05, 0.1) is 10.4 Å². The van der Waals surface area contributed by atoms with Crippen LogP contribution in [0, 0.1) is 17.5 Å². The average Bonchev–Trinajstić information content (AvgIpc) is 2.71. The molecule has 1 aromatic heterocycles. The summed E-state index contributed by atoms with van der Waals surface area (Å²) in [6, 6.07) is 5.16. The molecule has 1 nitrogen and oxygen atoms in total. The fourth-order valence-corrected chi connectivity index (χ4v) is 2.68. The normalized spacial score (nSPS) is 12.7. The Morgan fingerprint density at radius 2 is 1.83 bits per heavy atom. The first-order valence-corrected chi connectivity index (χ1v) is 6.24. The van der Waals surface area contributed by atoms with Crippen LogP contribution in [0.5, 0.6) is 0 Å². The van der Waals surface area contributed by atoms with Gasteiger partial charge in [-0.1, -0.05) is 17.7 Å². The molecule has 2 rings (SSSR count). The van der Waals surface area contributed by atoms with Gasteiger partial charge in [-0.3, -0.25) is 0 Å². The van der Waals surface area contributed by atoms with Crippen molar-refractivity contribution in [1.29, 1.82) is 0 Å². The van der Waals surface area contributed by atoms with Gasteiger partial charge in [0, 0.05) is 16.9 Å². The van der Waals surface area contributed by atoms with Crippen molar-refractivity contribution in [2.75, 3.05) is 0 Å². The highest BCUT2D eigenvalue weighted by Gasteiger charge is 2.19. The lowest BCUT2D eigenvalue weighted by Crippen LogP contribution is -2.06. The molecule has 1 unspecified atom stereocenters. The fraction of sp³-hybridized carbons (Fsp3) is 0.167. The van der Waals surface area contributed by atoms with Crippen LogP contribution in [-0.4, -0.2) is 5.11 Å². The Balaban J connectivity index is 2.24. The summed E-state index contributed by atoms with van der Waals surface area (Å²) in [5, 5.41) is 9.81. The lowest BCUT2D eigenvalue weighted by molar-refractivity contribution is 0.173. The number of hydrogen-bond acceptors (Lipinski definition) is 2. The van der Waals surface area contributed by atoms with Crippen molar-refractivity contribution in [3.8, 4) is 0 Å². The van der Waals surface area contributed by atoms with Crippen molar-refractivity contribution in [2.45, 2.75) is 12.5 Å². The first-order valence-electron chi connectivity index (χ1n) is 5.04. The molecule has 2 aromatic rings. The van der Waals surface area contributed by atoms with E-state index in [2.05, 4.69) is 0 Å². The van der Waals surface area contributed by atoms with Gasteiger partial charge in [-0.25, -0.2) is 13.2 Å². The summed E-state index contributed by atoms with van der Waals surface area (Å²) in [6.07, 6.45) is -1.14. The minimum absolute atomic E-state index is 0.0966. The molecule has 1 aromatic carbocycles. The summed E-state index contributed by atoms with van der Waals surface area (Å²) in [5.74, 6) is -4.21. The van der Waals surface area contributed by atoms with Gasteiger partial charge in [-0.15, -0.1) is 11.3 Å². The van der Waals surface area contributed by atoms with Gasteiger partial charge in [-0.05, 0) is 18.2 Å². The lowest BCUT2D eigenvalue weighted by Gasteiger charge is -2.11. The minimum atomic E-state index is -1.57. The van der Waals surface area contributed by atoms with E-state index >= 15 is 0 Å². The highest BCUT2D eigenvalue weighted by Crippen LogP contribution is 2.28. The first-order chi connectivity index (χ1) is 8.49. The molecule has 1 heterocycles. The summed E-state index contributed by atoms with van der Waals surface area (Å²) < 4.78 is 39.7. The molecule has 0 aliphatic rings. The Kier molecular flexibility index (Phi) is 3.94. The van der Waals surface area contributed by atoms with E-state index in [0.717, 1.165) is 17.0 Å². The smallest absolute Gasteiger partial charge is 0.194 e. The molecular formula is C12H8ClF3OS. The van der Waals surface area contributed by atoms with Gasteiger partial charge in [-0.2, -0.15) is 0 Å². The van der Waals surface area contributed by atoms with Crippen LogP contribution in [0.1, 0.15) is 16.5 Å². The molecule has 0 aliphatic heterocycles. The SMILES string of the molecule is OC(Cc1ccc(Cl)s1)c1ccc(F)c(F)c1F. The number of benzene rings is 1. The van der Waals surface area contributed by atoms with Crippen molar-refractivity contribution in [3.05, 3.63) is 56.5 Å². The molecule has 0 spiro atoms. The summed E-state index contributed by atoms with van der Waals surface area (Å²) in [4.78, 5) is 0.733. The van der Waals surface area contributed by atoms with Gasteiger partial charge in [0.25, 0.3) is 0 Å². The van der Waals surface area contributed by atoms with Gasteiger partial charge in [0.15, 0.2) is 17.5 Å². The van der Waals surface area contributed by atoms with E-state index in [9.17, 15) is 18.3 Å². The molecule has 0 radical (unpaired) electrons. The molecule has 0 saturated carbocycles. The molecular weight excluding hydrogens is 285 g/mol. The molecule has 1 N–H and O–H groups in total. The Morgan fingerprint density at radius 3 is 2.44 bits per heavy atom. The zero-order chi connectivity index (χ0) is 13.3. The van der Waals surface area contributed by atoms with Crippen LogP contribution in [0.2, 0.25) is 4.34 Å². The third kappa shape index (κ3) is 2.68. The monoisotopic (exact) mass is 292 g/mol. The summed E-state index contributed by atoms with van der Waals surface area (Å²) in [6.45, 7) is 0. The maximum atomic E-state index is 13.4. The molecule has 1 atom stereocenters. The molecule has 0 fully saturated rings. The number of thiophene rings is 1. The van der Waals surface area contributed by atoms with Crippen LogP contribution in [0.4, 0.5) is 13.2 Å². The second-order valence-electron chi connectivity index (χ2n) is 3.69. The molecule has 0 aliphatic carbocycles. The van der Waals surface area contributed by atoms with Crippen LogP contribution < -0.4 is 0 Å². The second kappa shape index (κ2) is 5.30. The quantitative estimate of drug-likeness (QED) is 0.845. The standard InChI is InChI=1S/C12H8ClF3OS/c13-10-4-1-6(18-10)5-9(17)7-2-3-8(14)12(16)11(7)15/h1-4,9,17H,5H2. The first kappa shape index (κ1) is 13.4. The predicted octanol–water partition coefficient (Wildman–Crippen LogP) is 4.09. The molecule has 0 saturated heterocycles. The van der Waals surface area contributed by atoms with Crippen LogP contribution in [0.25, 0.3) is 0 Å². The zero-order valence-corrected chi connectivity index (χ0v) is 10.5. The van der Waals surface area contributed by atoms with Crippen LogP contribution in [-0.2, 0) is 6.42 Å². The van der Waals surface area contributed by atoms with E-state index in [1.54, 1.807) is 12.1 Å². The van der Waals surface area contributed by atoms with Crippen molar-refractivity contribution >= 4 is 22.9 Å². The van der Waals surface area contributed by atoms with Gasteiger partial charge >= 0.3 is 0 Å². The lowest BCUT2D eigenvalue weighted by atomic mass is 10.0. The van der Waals surface area contributed by atoms with Crippen LogP contribution in [0.3, 0.4) is 0 Å². The van der Waals surface area contributed by atoms with Gasteiger partial charge < -0.3 is 5.11 Å². The maximum Gasteiger partial charge on any atom is 0.194 e. The van der Waals surface area contributed by atoms with E-state index in [0.29, 0.717) is 4.34 Å². The van der Waals surface area contributed by atoms with Gasteiger partial charge in [0.1, 0.15) is 0 Å². The zero-order valence-electron chi connectivity index (χ0n) is 8.96. The largest absolute Gasteiger partial charge is 0.388 e. The number of aliphatic hydroxyl groups excluding tert-OH is 1. The molecule has 18 heavy (non-hydrogen) atoms. The Hall–Kier alpha value is -1.04. The van der Waals surface area contributed by atoms with Gasteiger partial charge in [0.2, 0.25) is 0 Å². The topological polar surface area (TPSA) is 20.2 Å². The summed E-state index contributed by atoms with van der Waals surface area (Å²) >= 11 is 6.96. The highest BCUT2D eigenvalue weighted by atomic mass is 35.5. The van der Waals surface area contributed by atoms with E-state index in [4.69, 9.17) is 11.6 Å². The molecule has 0 amide bonds. The Labute approximate surface area is 110 Å². The van der Waals surface area contributed by atoms with Crippen molar-refractivity contribution in [2.24, 2.45) is 0 Å². The molecule has 0 bridgehead atoms. The van der Waals surface area contributed by atoms with Crippen LogP contribution in [0.15, 0.2) is 24.3 Å². The minimum Gasteiger partial charge on any atom is -0.388 e. The number of aliphatic hydroxyl groups is 1. The highest BCUT2D eigenvalue weighted by molar-refractivity contribution is 7.16. The number of hydrogen-bond donors (Lipinski definition) is 1. The molecule has 6 heteroatoms. The second-order valence-corrected chi connectivity index (χ2v) is 5.49. The fourth-order valence-electron chi connectivity index (χ4n) is 1.56. The maximum absolute atomic E-state index is 13.4. The van der Waals surface area contributed by atoms with Crippen molar-refractivity contribution in [3.63, 3.8) is 0 Å². The van der Waals surface area contributed by atoms with Crippen molar-refractivity contribution < 1.29 is 18.3 Å². The van der Waals surface area contributed by atoms with E-state index < -0.39 is 23.6 Å². The van der Waals surface area contributed by atoms with E-state index in [1.807, 2.05) is 0 Å². The van der Waals surface area contributed by atoms with E-state index in [-0.39, 0.29) is 12.0 Å². The summed E-state index contributed by atoms with van der Waals surface area (Å²) in [7, 11) is 0. The van der Waals surface area contributed by atoms with E-state index in [1.165, 1.54) is 11.3 Å². The third-order valence-electron chi connectivity index (χ3n) is 2.45. The Bertz CT molecular complexity index is 570. The molecule has 96 valence electrons. The predicted molar refractivity (Wildman–Crippen MR) is 64.3 cm³/mol. The number of rotatable bonds is 3. The average molecular weight is 293 g/mol. The van der Waals surface area contributed by atoms with Crippen molar-refractivity contribution in [1.82, 2.24) is 0 Å². The Morgan fingerprint density at radius 1 is 1.11 bits per heavy atom. The number of halogens is 4.